The second-order valence-electron chi connectivity index (χ2n) is 7.10. The normalized spacial score (nSPS) is 21.4. The van der Waals surface area contributed by atoms with Gasteiger partial charge in [-0.2, -0.15) is 0 Å². The summed E-state index contributed by atoms with van der Waals surface area (Å²) in [5, 5.41) is 15.1. The van der Waals surface area contributed by atoms with Crippen LogP contribution in [0.3, 0.4) is 0 Å². The van der Waals surface area contributed by atoms with E-state index < -0.39 is 0 Å². The van der Waals surface area contributed by atoms with Gasteiger partial charge in [-0.1, -0.05) is 19.9 Å². The smallest absolute Gasteiger partial charge is 0.191 e. The molecule has 0 bridgehead atoms. The highest BCUT2D eigenvalue weighted by Gasteiger charge is 2.21. The summed E-state index contributed by atoms with van der Waals surface area (Å²) in [6, 6.07) is 5.89. The van der Waals surface area contributed by atoms with Crippen LogP contribution in [-0.4, -0.2) is 58.7 Å². The maximum atomic E-state index is 4.30. The Morgan fingerprint density at radius 1 is 1.19 bits per heavy atom. The predicted molar refractivity (Wildman–Crippen MR) is 116 cm³/mol. The predicted octanol–water partition coefficient (Wildman–Crippen LogP) is 1.99. The quantitative estimate of drug-likeness (QED) is 0.397. The molecular formula is C18H30IN7. The second-order valence-corrected chi connectivity index (χ2v) is 7.10. The fourth-order valence-corrected chi connectivity index (χ4v) is 3.70. The zero-order valence-electron chi connectivity index (χ0n) is 15.9. The molecule has 26 heavy (non-hydrogen) atoms. The summed E-state index contributed by atoms with van der Waals surface area (Å²) in [5.41, 5.74) is 0.857. The van der Waals surface area contributed by atoms with Crippen LogP contribution in [-0.2, 0) is 6.54 Å². The Morgan fingerprint density at radius 3 is 2.69 bits per heavy atom. The molecule has 1 aliphatic rings. The number of hydrogen-bond donors (Lipinski definition) is 2. The fourth-order valence-electron chi connectivity index (χ4n) is 3.70. The molecule has 0 aliphatic carbocycles. The maximum absolute atomic E-state index is 4.30. The summed E-state index contributed by atoms with van der Waals surface area (Å²) in [5.74, 6) is 3.26. The van der Waals surface area contributed by atoms with Gasteiger partial charge in [0.2, 0.25) is 0 Å². The third kappa shape index (κ3) is 5.54. The van der Waals surface area contributed by atoms with Gasteiger partial charge >= 0.3 is 0 Å². The van der Waals surface area contributed by atoms with Gasteiger partial charge < -0.3 is 15.5 Å². The molecule has 3 heterocycles. The lowest BCUT2D eigenvalue weighted by atomic mass is 9.92. The van der Waals surface area contributed by atoms with Crippen LogP contribution >= 0.6 is 24.0 Å². The van der Waals surface area contributed by atoms with Crippen molar-refractivity contribution in [1.82, 2.24) is 30.1 Å². The molecule has 2 aromatic heterocycles. The molecule has 2 unspecified atom stereocenters. The van der Waals surface area contributed by atoms with E-state index in [1.54, 1.807) is 7.05 Å². The van der Waals surface area contributed by atoms with Gasteiger partial charge in [-0.15, -0.1) is 34.2 Å². The van der Waals surface area contributed by atoms with E-state index >= 15 is 0 Å². The first-order chi connectivity index (χ1) is 12.2. The molecule has 2 atom stereocenters. The molecule has 0 saturated carbocycles. The summed E-state index contributed by atoms with van der Waals surface area (Å²) < 4.78 is 1.98. The van der Waals surface area contributed by atoms with Gasteiger partial charge in [-0.3, -0.25) is 9.39 Å². The lowest BCUT2D eigenvalue weighted by Gasteiger charge is -2.35. The van der Waals surface area contributed by atoms with Crippen LogP contribution in [0, 0.1) is 11.8 Å². The minimum absolute atomic E-state index is 0. The van der Waals surface area contributed by atoms with Crippen LogP contribution in [0.2, 0.25) is 0 Å². The first-order valence-corrected chi connectivity index (χ1v) is 9.11. The van der Waals surface area contributed by atoms with Crippen molar-refractivity contribution in [2.45, 2.75) is 26.8 Å². The number of rotatable bonds is 5. The van der Waals surface area contributed by atoms with Crippen LogP contribution in [0.25, 0.3) is 5.65 Å². The number of aromatic nitrogens is 3. The van der Waals surface area contributed by atoms with Crippen molar-refractivity contribution < 1.29 is 0 Å². The molecule has 1 aliphatic heterocycles. The number of fused-ring (bicyclic) bond motifs is 1. The third-order valence-corrected chi connectivity index (χ3v) is 4.69. The number of likely N-dealkylation sites (tertiary alicyclic amines) is 1. The van der Waals surface area contributed by atoms with E-state index in [0.717, 1.165) is 42.4 Å². The molecule has 0 radical (unpaired) electrons. The number of halogens is 1. The second kappa shape index (κ2) is 10.1. The average Bonchev–Trinajstić information content (AvgIpc) is 3.00. The number of nitrogens with one attached hydrogen (secondary N) is 2. The molecule has 8 heteroatoms. The number of pyridine rings is 1. The van der Waals surface area contributed by atoms with E-state index in [0.29, 0.717) is 6.54 Å². The molecule has 2 N–H and O–H groups in total. The van der Waals surface area contributed by atoms with Crippen molar-refractivity contribution >= 4 is 35.6 Å². The van der Waals surface area contributed by atoms with Gasteiger partial charge in [0, 0.05) is 39.4 Å². The van der Waals surface area contributed by atoms with E-state index in [1.807, 2.05) is 28.8 Å². The van der Waals surface area contributed by atoms with E-state index in [2.05, 4.69) is 44.6 Å². The Hall–Kier alpha value is -1.42. The zero-order valence-corrected chi connectivity index (χ0v) is 18.2. The molecule has 1 fully saturated rings. The van der Waals surface area contributed by atoms with Crippen LogP contribution in [0.1, 0.15) is 26.1 Å². The number of guanidine groups is 1. The Labute approximate surface area is 172 Å². The molecule has 1 saturated heterocycles. The standard InChI is InChI=1S/C18H29N7.HI/c1-14-10-15(2)13-24(12-14)9-7-20-18(19-3)21-11-17-23-22-16-6-4-5-8-25(16)17;/h4-6,8,14-15H,7,9-13H2,1-3H3,(H2,19,20,21);1H. The molecule has 7 nitrogen and oxygen atoms in total. The van der Waals surface area contributed by atoms with Crippen LogP contribution in [0.5, 0.6) is 0 Å². The highest BCUT2D eigenvalue weighted by molar-refractivity contribution is 14.0. The number of piperidine rings is 1. The maximum Gasteiger partial charge on any atom is 0.191 e. The number of hydrogen-bond acceptors (Lipinski definition) is 4. The topological polar surface area (TPSA) is 69.8 Å². The van der Waals surface area contributed by atoms with Crippen LogP contribution in [0.4, 0.5) is 0 Å². The lowest BCUT2D eigenvalue weighted by Crippen LogP contribution is -2.45. The average molecular weight is 471 g/mol. The summed E-state index contributed by atoms with van der Waals surface area (Å²) in [7, 11) is 1.79. The Kier molecular flexibility index (Phi) is 8.08. The minimum Gasteiger partial charge on any atom is -0.355 e. The van der Waals surface area contributed by atoms with E-state index in [1.165, 1.54) is 19.5 Å². The van der Waals surface area contributed by atoms with Gasteiger partial charge in [0.1, 0.15) is 0 Å². The fraction of sp³-hybridized carbons (Fsp3) is 0.611. The summed E-state index contributed by atoms with van der Waals surface area (Å²) in [6.45, 7) is 9.61. The third-order valence-electron chi connectivity index (χ3n) is 4.69. The number of nitrogens with zero attached hydrogens (tertiary/aromatic N) is 5. The van der Waals surface area contributed by atoms with Gasteiger partial charge in [-0.05, 0) is 30.4 Å². The van der Waals surface area contributed by atoms with Crippen molar-refractivity contribution in [1.29, 1.82) is 0 Å². The molecule has 0 spiro atoms. The lowest BCUT2D eigenvalue weighted by molar-refractivity contribution is 0.143. The Balaban J connectivity index is 0.00000243. The Bertz CT molecular complexity index is 704. The van der Waals surface area contributed by atoms with Gasteiger partial charge in [0.15, 0.2) is 17.4 Å². The van der Waals surface area contributed by atoms with E-state index in [-0.39, 0.29) is 24.0 Å². The van der Waals surface area contributed by atoms with Gasteiger partial charge in [-0.25, -0.2) is 0 Å². The molecule has 3 rings (SSSR count). The van der Waals surface area contributed by atoms with Crippen LogP contribution < -0.4 is 10.6 Å². The van der Waals surface area contributed by atoms with Crippen molar-refractivity contribution in [3.05, 3.63) is 30.2 Å². The molecule has 2 aromatic rings. The van der Waals surface area contributed by atoms with E-state index in [4.69, 9.17) is 0 Å². The highest BCUT2D eigenvalue weighted by atomic mass is 127. The van der Waals surface area contributed by atoms with Crippen molar-refractivity contribution in [2.75, 3.05) is 33.2 Å². The first kappa shape index (κ1) is 20.9. The highest BCUT2D eigenvalue weighted by Crippen LogP contribution is 2.20. The molecule has 0 amide bonds. The van der Waals surface area contributed by atoms with Crippen molar-refractivity contribution in [2.24, 2.45) is 16.8 Å². The van der Waals surface area contributed by atoms with Crippen LogP contribution in [0.15, 0.2) is 29.4 Å². The molecular weight excluding hydrogens is 441 g/mol. The Morgan fingerprint density at radius 2 is 1.96 bits per heavy atom. The monoisotopic (exact) mass is 471 g/mol. The van der Waals surface area contributed by atoms with Gasteiger partial charge in [0.25, 0.3) is 0 Å². The largest absolute Gasteiger partial charge is 0.355 e. The molecule has 0 aromatic carbocycles. The summed E-state index contributed by atoms with van der Waals surface area (Å²) >= 11 is 0. The molecule has 144 valence electrons. The SMILES string of the molecule is CN=C(NCCN1CC(C)CC(C)C1)NCc1nnc2ccccn12.I. The summed E-state index contributed by atoms with van der Waals surface area (Å²) in [4.78, 5) is 6.85. The minimum atomic E-state index is 0. The van der Waals surface area contributed by atoms with Crippen molar-refractivity contribution in [3.8, 4) is 0 Å². The van der Waals surface area contributed by atoms with Gasteiger partial charge in [0.05, 0.1) is 6.54 Å². The first-order valence-electron chi connectivity index (χ1n) is 9.11. The number of aliphatic imine (C=N–C) groups is 1. The van der Waals surface area contributed by atoms with E-state index in [9.17, 15) is 0 Å². The van der Waals surface area contributed by atoms with Crippen molar-refractivity contribution in [3.63, 3.8) is 0 Å². The summed E-state index contributed by atoms with van der Waals surface area (Å²) in [6.07, 6.45) is 3.32. The zero-order chi connectivity index (χ0) is 17.6.